The van der Waals surface area contributed by atoms with Gasteiger partial charge in [0.05, 0.1) is 10.0 Å². The Balaban J connectivity index is 1.61. The number of nitrogens with one attached hydrogen (secondary N) is 1. The molecule has 1 atom stereocenters. The molecule has 0 spiro atoms. The number of carbonyl (C=O) groups is 1. The van der Waals surface area contributed by atoms with Crippen molar-refractivity contribution in [3.8, 4) is 0 Å². The predicted octanol–water partition coefficient (Wildman–Crippen LogP) is 4.64. The van der Waals surface area contributed by atoms with Gasteiger partial charge in [0.25, 0.3) is 5.91 Å². The summed E-state index contributed by atoms with van der Waals surface area (Å²) >= 11 is 12.5. The van der Waals surface area contributed by atoms with Crippen LogP contribution in [0.15, 0.2) is 48.5 Å². The van der Waals surface area contributed by atoms with E-state index in [1.165, 1.54) is 0 Å². The van der Waals surface area contributed by atoms with E-state index in [2.05, 4.69) is 10.2 Å². The molecule has 1 heterocycles. The van der Waals surface area contributed by atoms with Gasteiger partial charge in [-0.15, -0.1) is 0 Å². The van der Waals surface area contributed by atoms with Crippen molar-refractivity contribution >= 4 is 29.1 Å². The lowest BCUT2D eigenvalue weighted by Gasteiger charge is -2.34. The van der Waals surface area contributed by atoms with Crippen molar-refractivity contribution < 1.29 is 4.79 Å². The fraction of sp³-hybridized carbons (Fsp3) is 0.500. The number of nitrogens with zero attached hydrogens (tertiary/aromatic N) is 2. The Morgan fingerprint density at radius 1 is 1.15 bits per heavy atom. The van der Waals surface area contributed by atoms with Crippen molar-refractivity contribution in [2.75, 3.05) is 46.3 Å². The van der Waals surface area contributed by atoms with Crippen LogP contribution in [0.5, 0.6) is 0 Å². The van der Waals surface area contributed by atoms with E-state index in [9.17, 15) is 4.79 Å². The van der Waals surface area contributed by atoms with Crippen LogP contribution in [-0.2, 0) is 0 Å². The Kier molecular flexibility index (Phi) is 10.5. The van der Waals surface area contributed by atoms with E-state index < -0.39 is 0 Å². The number of piperidine rings is 1. The summed E-state index contributed by atoms with van der Waals surface area (Å²) in [7, 11) is 1.87. The molecule has 1 aliphatic heterocycles. The fourth-order valence-electron chi connectivity index (χ4n) is 4.45. The molecule has 5 nitrogen and oxygen atoms in total. The van der Waals surface area contributed by atoms with Crippen LogP contribution in [0.4, 0.5) is 0 Å². The zero-order valence-electron chi connectivity index (χ0n) is 19.5. The van der Waals surface area contributed by atoms with Gasteiger partial charge in [0, 0.05) is 31.1 Å². The molecule has 1 amide bonds. The van der Waals surface area contributed by atoms with Crippen molar-refractivity contribution in [2.45, 2.75) is 37.6 Å². The molecule has 1 unspecified atom stereocenters. The monoisotopic (exact) mass is 490 g/mol. The number of hydrogen-bond donors (Lipinski definition) is 2. The average Bonchev–Trinajstić information content (AvgIpc) is 2.84. The first-order chi connectivity index (χ1) is 16.0. The Labute approximate surface area is 208 Å². The minimum absolute atomic E-state index is 0.0324. The summed E-state index contributed by atoms with van der Waals surface area (Å²) in [6.45, 7) is 5.54. The van der Waals surface area contributed by atoms with Crippen molar-refractivity contribution in [3.05, 3.63) is 69.7 Å². The summed E-state index contributed by atoms with van der Waals surface area (Å²) in [4.78, 5) is 17.3. The maximum atomic E-state index is 12.9. The first kappa shape index (κ1) is 26.0. The Hall–Kier alpha value is -1.63. The van der Waals surface area contributed by atoms with Crippen LogP contribution in [-0.4, -0.2) is 68.1 Å². The molecule has 7 heteroatoms. The van der Waals surface area contributed by atoms with Gasteiger partial charge >= 0.3 is 0 Å². The SMILES string of the molecule is CN(CC(CCN1CCC(NCCCN)CC1)c1ccc(Cl)c(Cl)c1)C(=O)c1ccccc1. The highest BCUT2D eigenvalue weighted by Crippen LogP contribution is 2.29. The summed E-state index contributed by atoms with van der Waals surface area (Å²) in [6.07, 6.45) is 4.30. The summed E-state index contributed by atoms with van der Waals surface area (Å²) in [5.41, 5.74) is 7.42. The highest BCUT2D eigenvalue weighted by atomic mass is 35.5. The highest BCUT2D eigenvalue weighted by Gasteiger charge is 2.23. The molecule has 1 saturated heterocycles. The molecule has 2 aromatic rings. The normalized spacial score (nSPS) is 16.0. The third-order valence-electron chi connectivity index (χ3n) is 6.47. The lowest BCUT2D eigenvalue weighted by Crippen LogP contribution is -2.43. The minimum atomic E-state index is 0.0324. The van der Waals surface area contributed by atoms with Gasteiger partial charge in [-0.3, -0.25) is 4.79 Å². The molecule has 0 aliphatic carbocycles. The molecular weight excluding hydrogens is 455 g/mol. The van der Waals surface area contributed by atoms with Crippen LogP contribution in [0, 0.1) is 0 Å². The summed E-state index contributed by atoms with van der Waals surface area (Å²) in [6, 6.07) is 15.9. The first-order valence-electron chi connectivity index (χ1n) is 11.9. The molecule has 2 aromatic carbocycles. The second-order valence-corrected chi connectivity index (χ2v) is 9.74. The molecule has 3 N–H and O–H groups in total. The van der Waals surface area contributed by atoms with E-state index in [-0.39, 0.29) is 11.8 Å². The smallest absolute Gasteiger partial charge is 0.253 e. The average molecular weight is 492 g/mol. The van der Waals surface area contributed by atoms with Gasteiger partial charge in [-0.2, -0.15) is 0 Å². The minimum Gasteiger partial charge on any atom is -0.341 e. The van der Waals surface area contributed by atoms with Gasteiger partial charge in [-0.1, -0.05) is 47.5 Å². The quantitative estimate of drug-likeness (QED) is 0.450. The Bertz CT molecular complexity index is 872. The van der Waals surface area contributed by atoms with Gasteiger partial charge in [0.2, 0.25) is 0 Å². The topological polar surface area (TPSA) is 61.6 Å². The molecule has 1 aliphatic rings. The zero-order chi connectivity index (χ0) is 23.6. The molecule has 0 bridgehead atoms. The van der Waals surface area contributed by atoms with Gasteiger partial charge in [-0.25, -0.2) is 0 Å². The molecule has 33 heavy (non-hydrogen) atoms. The number of likely N-dealkylation sites (tertiary alicyclic amines) is 1. The second-order valence-electron chi connectivity index (χ2n) is 8.92. The van der Waals surface area contributed by atoms with E-state index >= 15 is 0 Å². The van der Waals surface area contributed by atoms with Crippen LogP contribution in [0.25, 0.3) is 0 Å². The third kappa shape index (κ3) is 7.97. The Morgan fingerprint density at radius 3 is 2.55 bits per heavy atom. The van der Waals surface area contributed by atoms with Gasteiger partial charge in [0.15, 0.2) is 0 Å². The molecule has 0 aromatic heterocycles. The van der Waals surface area contributed by atoms with Crippen LogP contribution in [0.1, 0.15) is 47.5 Å². The van der Waals surface area contributed by atoms with E-state index in [1.807, 2.05) is 60.5 Å². The summed E-state index contributed by atoms with van der Waals surface area (Å²) in [5.74, 6) is 0.211. The third-order valence-corrected chi connectivity index (χ3v) is 7.21. The Morgan fingerprint density at radius 2 is 1.88 bits per heavy atom. The molecule has 180 valence electrons. The van der Waals surface area contributed by atoms with Crippen LogP contribution in [0.3, 0.4) is 0 Å². The standard InChI is InChI=1S/C26H36Cl2N4O/c1-31(26(33)20-6-3-2-4-7-20)19-22(21-8-9-24(27)25(28)18-21)10-15-32-16-11-23(12-17-32)30-14-5-13-29/h2-4,6-9,18,22-23,30H,5,10-17,19,29H2,1H3. The summed E-state index contributed by atoms with van der Waals surface area (Å²) in [5, 5.41) is 4.73. The van der Waals surface area contributed by atoms with E-state index in [4.69, 9.17) is 28.9 Å². The molecule has 0 saturated carbocycles. The number of likely N-dealkylation sites (N-methyl/N-ethyl adjacent to an activating group) is 1. The van der Waals surface area contributed by atoms with Crippen molar-refractivity contribution in [1.29, 1.82) is 0 Å². The number of hydrogen-bond acceptors (Lipinski definition) is 4. The van der Waals surface area contributed by atoms with Gasteiger partial charge in [0.1, 0.15) is 0 Å². The number of rotatable bonds is 11. The zero-order valence-corrected chi connectivity index (χ0v) is 21.0. The summed E-state index contributed by atoms with van der Waals surface area (Å²) < 4.78 is 0. The van der Waals surface area contributed by atoms with Crippen LogP contribution < -0.4 is 11.1 Å². The lowest BCUT2D eigenvalue weighted by molar-refractivity contribution is 0.0781. The van der Waals surface area contributed by atoms with E-state index in [0.29, 0.717) is 28.2 Å². The van der Waals surface area contributed by atoms with E-state index in [1.54, 1.807) is 0 Å². The van der Waals surface area contributed by atoms with Gasteiger partial charge in [-0.05, 0) is 88.2 Å². The van der Waals surface area contributed by atoms with Crippen molar-refractivity contribution in [3.63, 3.8) is 0 Å². The van der Waals surface area contributed by atoms with Crippen LogP contribution in [0.2, 0.25) is 10.0 Å². The number of carbonyl (C=O) groups excluding carboxylic acids is 1. The fourth-order valence-corrected chi connectivity index (χ4v) is 4.76. The largest absolute Gasteiger partial charge is 0.341 e. The molecule has 1 fully saturated rings. The van der Waals surface area contributed by atoms with Crippen molar-refractivity contribution in [1.82, 2.24) is 15.1 Å². The number of benzene rings is 2. The molecule has 0 radical (unpaired) electrons. The van der Waals surface area contributed by atoms with Crippen LogP contribution >= 0.6 is 23.2 Å². The second kappa shape index (κ2) is 13.3. The van der Waals surface area contributed by atoms with Crippen molar-refractivity contribution in [2.24, 2.45) is 5.73 Å². The van der Waals surface area contributed by atoms with E-state index in [0.717, 1.165) is 64.0 Å². The predicted molar refractivity (Wildman–Crippen MR) is 138 cm³/mol. The molecular formula is C26H36Cl2N4O. The lowest BCUT2D eigenvalue weighted by atomic mass is 9.94. The van der Waals surface area contributed by atoms with Gasteiger partial charge < -0.3 is 20.9 Å². The maximum Gasteiger partial charge on any atom is 0.253 e. The number of halogens is 2. The maximum absolute atomic E-state index is 12.9. The first-order valence-corrected chi connectivity index (χ1v) is 12.6. The number of amides is 1. The number of nitrogens with two attached hydrogens (primary N) is 1. The highest BCUT2D eigenvalue weighted by molar-refractivity contribution is 6.42. The molecule has 3 rings (SSSR count).